The van der Waals surface area contributed by atoms with Gasteiger partial charge in [0.15, 0.2) is 0 Å². The number of anilines is 1. The number of thiophene rings is 1. The lowest BCUT2D eigenvalue weighted by atomic mass is 9.81. The Morgan fingerprint density at radius 1 is 1.29 bits per heavy atom. The van der Waals surface area contributed by atoms with Gasteiger partial charge in [-0.15, -0.1) is 11.3 Å². The molecule has 1 aromatic heterocycles. The second kappa shape index (κ2) is 5.85. The first-order valence-corrected chi connectivity index (χ1v) is 9.47. The minimum atomic E-state index is -0.324. The highest BCUT2D eigenvalue weighted by Crippen LogP contribution is 2.43. The summed E-state index contributed by atoms with van der Waals surface area (Å²) in [5, 5.41) is 6.01. The highest BCUT2D eigenvalue weighted by molar-refractivity contribution is 7.17. The van der Waals surface area contributed by atoms with Crippen LogP contribution < -0.4 is 10.6 Å². The lowest BCUT2D eigenvalue weighted by Crippen LogP contribution is -3.03. The predicted octanol–water partition coefficient (Wildman–Crippen LogP) is 2.41. The highest BCUT2D eigenvalue weighted by Gasteiger charge is 2.45. The zero-order chi connectivity index (χ0) is 17.7. The molecule has 132 valence electrons. The molecule has 3 rings (SSSR count). The first kappa shape index (κ1) is 17.4. The lowest BCUT2D eigenvalue weighted by Gasteiger charge is -2.38. The maximum Gasteiger partial charge on any atom is 0.341 e. The van der Waals surface area contributed by atoms with Crippen LogP contribution in [0.4, 0.5) is 5.00 Å². The number of hydrogen-bond acceptors (Lipinski definition) is 4. The Morgan fingerprint density at radius 3 is 2.54 bits per heavy atom. The van der Waals surface area contributed by atoms with E-state index in [4.69, 9.17) is 4.74 Å². The molecule has 1 saturated carbocycles. The summed E-state index contributed by atoms with van der Waals surface area (Å²) in [5.74, 6) is -0.190. The number of quaternary nitrogens is 1. The van der Waals surface area contributed by atoms with Crippen molar-refractivity contribution in [3.8, 4) is 0 Å². The highest BCUT2D eigenvalue weighted by atomic mass is 32.1. The van der Waals surface area contributed by atoms with Gasteiger partial charge in [-0.05, 0) is 53.0 Å². The Morgan fingerprint density at radius 2 is 1.96 bits per heavy atom. The zero-order valence-electron chi connectivity index (χ0n) is 15.1. The molecule has 0 atom stereocenters. The number of nitrogens with one attached hydrogen (secondary N) is 1. The van der Waals surface area contributed by atoms with Crippen molar-refractivity contribution in [2.75, 3.05) is 11.9 Å². The number of carbonyl (C=O) groups excluding carboxylic acids is 2. The number of ether oxygens (including phenoxy) is 1. The van der Waals surface area contributed by atoms with Crippen LogP contribution >= 0.6 is 11.3 Å². The Balaban J connectivity index is 2.07. The van der Waals surface area contributed by atoms with Crippen LogP contribution in [0.3, 0.4) is 0 Å². The van der Waals surface area contributed by atoms with Crippen molar-refractivity contribution in [1.82, 2.24) is 0 Å². The van der Waals surface area contributed by atoms with Crippen molar-refractivity contribution in [1.29, 1.82) is 0 Å². The van der Waals surface area contributed by atoms with Crippen molar-refractivity contribution in [2.24, 2.45) is 5.92 Å². The third kappa shape index (κ3) is 3.22. The first-order valence-electron chi connectivity index (χ1n) is 8.66. The zero-order valence-corrected chi connectivity index (χ0v) is 15.9. The molecular formula is C18H27N2O3S+. The van der Waals surface area contributed by atoms with Crippen molar-refractivity contribution in [3.63, 3.8) is 0 Å². The number of carbonyl (C=O) groups is 2. The molecule has 3 N–H and O–H groups in total. The third-order valence-electron chi connectivity index (χ3n) is 4.64. The summed E-state index contributed by atoms with van der Waals surface area (Å²) in [7, 11) is 0. The van der Waals surface area contributed by atoms with Crippen molar-refractivity contribution in [3.05, 3.63) is 16.0 Å². The first-order chi connectivity index (χ1) is 11.1. The summed E-state index contributed by atoms with van der Waals surface area (Å²) in [5.41, 5.74) is 1.48. The van der Waals surface area contributed by atoms with E-state index in [2.05, 4.69) is 38.3 Å². The summed E-state index contributed by atoms with van der Waals surface area (Å²) in [6.07, 6.45) is 2.67. The summed E-state index contributed by atoms with van der Waals surface area (Å²) in [6, 6.07) is 0. The van der Waals surface area contributed by atoms with Gasteiger partial charge >= 0.3 is 5.97 Å². The van der Waals surface area contributed by atoms with E-state index >= 15 is 0 Å². The molecule has 6 heteroatoms. The van der Waals surface area contributed by atoms with Crippen LogP contribution in [-0.4, -0.2) is 24.0 Å². The van der Waals surface area contributed by atoms with Gasteiger partial charge in [-0.1, -0.05) is 0 Å². The molecule has 0 radical (unpaired) electrons. The Labute approximate surface area is 147 Å². The van der Waals surface area contributed by atoms with E-state index < -0.39 is 0 Å². The molecule has 0 saturated heterocycles. The molecule has 1 fully saturated rings. The number of fused-ring (bicyclic) bond motifs is 1. The van der Waals surface area contributed by atoms with Gasteiger partial charge in [0.05, 0.1) is 22.6 Å². The SMILES string of the molecule is CCOC(=O)c1c(NC(=O)C2CC2)sc2c1CC(C)(C)[NH2+]C2(C)C. The third-order valence-corrected chi connectivity index (χ3v) is 6.13. The molecule has 0 bridgehead atoms. The van der Waals surface area contributed by atoms with Crippen LogP contribution in [0.25, 0.3) is 0 Å². The van der Waals surface area contributed by atoms with Crippen LogP contribution in [0, 0.1) is 5.92 Å². The van der Waals surface area contributed by atoms with Gasteiger partial charge in [0, 0.05) is 12.3 Å². The normalized spacial score (nSPS) is 21.0. The molecule has 0 spiro atoms. The molecule has 24 heavy (non-hydrogen) atoms. The fraction of sp³-hybridized carbons (Fsp3) is 0.667. The molecule has 1 aliphatic heterocycles. The van der Waals surface area contributed by atoms with Crippen LogP contribution in [0.15, 0.2) is 0 Å². The molecule has 1 aromatic rings. The number of esters is 1. The van der Waals surface area contributed by atoms with E-state index in [-0.39, 0.29) is 28.9 Å². The lowest BCUT2D eigenvalue weighted by molar-refractivity contribution is -0.789. The molecule has 2 heterocycles. The van der Waals surface area contributed by atoms with Crippen molar-refractivity contribution < 1.29 is 19.6 Å². The molecule has 1 amide bonds. The van der Waals surface area contributed by atoms with Gasteiger partial charge in [0.25, 0.3) is 0 Å². The average Bonchev–Trinajstić information content (AvgIpc) is 3.20. The number of amides is 1. The summed E-state index contributed by atoms with van der Waals surface area (Å²) < 4.78 is 5.29. The van der Waals surface area contributed by atoms with Crippen LogP contribution in [0.2, 0.25) is 0 Å². The van der Waals surface area contributed by atoms with E-state index in [0.29, 0.717) is 17.2 Å². The Bertz CT molecular complexity index is 687. The Kier molecular flexibility index (Phi) is 4.24. The molecule has 1 aliphatic carbocycles. The van der Waals surface area contributed by atoms with E-state index in [0.717, 1.165) is 29.7 Å². The fourth-order valence-electron chi connectivity index (χ4n) is 3.77. The van der Waals surface area contributed by atoms with Crippen molar-refractivity contribution in [2.45, 2.75) is 65.0 Å². The van der Waals surface area contributed by atoms with Crippen LogP contribution in [0.1, 0.15) is 68.3 Å². The van der Waals surface area contributed by atoms with Gasteiger partial charge in [-0.3, -0.25) is 4.79 Å². The molecule has 0 unspecified atom stereocenters. The second-order valence-electron chi connectivity index (χ2n) is 8.13. The van der Waals surface area contributed by atoms with Crippen molar-refractivity contribution >= 4 is 28.2 Å². The quantitative estimate of drug-likeness (QED) is 0.818. The van der Waals surface area contributed by atoms with E-state index in [1.807, 2.05) is 0 Å². The average molecular weight is 351 g/mol. The van der Waals surface area contributed by atoms with Gasteiger partial charge in [-0.2, -0.15) is 0 Å². The maximum absolute atomic E-state index is 12.6. The minimum Gasteiger partial charge on any atom is -0.462 e. The van der Waals surface area contributed by atoms with E-state index in [9.17, 15) is 9.59 Å². The second-order valence-corrected chi connectivity index (χ2v) is 9.15. The summed E-state index contributed by atoms with van der Waals surface area (Å²) in [4.78, 5) is 26.0. The summed E-state index contributed by atoms with van der Waals surface area (Å²) in [6.45, 7) is 10.9. The smallest absolute Gasteiger partial charge is 0.341 e. The number of hydrogen-bond donors (Lipinski definition) is 2. The fourth-order valence-corrected chi connectivity index (χ4v) is 5.05. The molecular weight excluding hydrogens is 324 g/mol. The monoisotopic (exact) mass is 351 g/mol. The largest absolute Gasteiger partial charge is 0.462 e. The topological polar surface area (TPSA) is 72.0 Å². The standard InChI is InChI=1S/C18H26N2O3S/c1-6-23-16(22)12-11-9-17(2,3)20-18(4,5)13(11)24-15(12)19-14(21)10-7-8-10/h10,20H,6-9H2,1-5H3,(H,19,21)/p+1. The molecule has 2 aliphatic rings. The number of nitrogens with two attached hydrogens (primary N) is 1. The Hall–Kier alpha value is -1.40. The van der Waals surface area contributed by atoms with Gasteiger partial charge in [0.2, 0.25) is 5.91 Å². The maximum atomic E-state index is 12.6. The van der Waals surface area contributed by atoms with Gasteiger partial charge < -0.3 is 15.4 Å². The predicted molar refractivity (Wildman–Crippen MR) is 94.4 cm³/mol. The molecule has 0 aromatic carbocycles. The van der Waals surface area contributed by atoms with Crippen LogP contribution in [0.5, 0.6) is 0 Å². The minimum absolute atomic E-state index is 0.00338. The van der Waals surface area contributed by atoms with Gasteiger partial charge in [-0.25, -0.2) is 4.79 Å². The van der Waals surface area contributed by atoms with E-state index in [1.54, 1.807) is 6.92 Å². The molecule has 5 nitrogen and oxygen atoms in total. The van der Waals surface area contributed by atoms with E-state index in [1.165, 1.54) is 11.3 Å². The van der Waals surface area contributed by atoms with Crippen LogP contribution in [-0.2, 0) is 21.5 Å². The number of rotatable bonds is 4. The van der Waals surface area contributed by atoms with Gasteiger partial charge in [0.1, 0.15) is 10.5 Å². The summed E-state index contributed by atoms with van der Waals surface area (Å²) >= 11 is 1.53.